The molecule has 36 heavy (non-hydrogen) atoms. The summed E-state index contributed by atoms with van der Waals surface area (Å²) in [6.45, 7) is 2.18. The predicted octanol–water partition coefficient (Wildman–Crippen LogP) is 4.56. The fourth-order valence-electron chi connectivity index (χ4n) is 5.06. The van der Waals surface area contributed by atoms with Gasteiger partial charge in [0.2, 0.25) is 0 Å². The Kier molecular flexibility index (Phi) is 6.36. The summed E-state index contributed by atoms with van der Waals surface area (Å²) < 4.78 is 35.7. The lowest BCUT2D eigenvalue weighted by Crippen LogP contribution is -2.31. The van der Waals surface area contributed by atoms with Gasteiger partial charge >= 0.3 is 0 Å². The largest absolute Gasteiger partial charge is 0.497 e. The van der Waals surface area contributed by atoms with Crippen molar-refractivity contribution in [2.45, 2.75) is 38.1 Å². The molecule has 3 heterocycles. The van der Waals surface area contributed by atoms with E-state index in [9.17, 15) is 13.6 Å². The third-order valence-electron chi connectivity index (χ3n) is 6.64. The minimum Gasteiger partial charge on any atom is -0.497 e. The summed E-state index contributed by atoms with van der Waals surface area (Å²) >= 11 is 0. The topological polar surface area (TPSA) is 107 Å². The van der Waals surface area contributed by atoms with Crippen LogP contribution in [0.15, 0.2) is 49.1 Å². The number of rotatable bonds is 5. The molecule has 186 valence electrons. The Labute approximate surface area is 206 Å². The van der Waals surface area contributed by atoms with E-state index in [1.807, 2.05) is 6.07 Å². The van der Waals surface area contributed by atoms with Crippen molar-refractivity contribution in [1.29, 1.82) is 0 Å². The van der Waals surface area contributed by atoms with Crippen LogP contribution >= 0.6 is 0 Å². The van der Waals surface area contributed by atoms with Crippen molar-refractivity contribution in [1.82, 2.24) is 19.6 Å². The first-order valence-electron chi connectivity index (χ1n) is 11.7. The first kappa shape index (κ1) is 23.8. The van der Waals surface area contributed by atoms with Gasteiger partial charge in [-0.25, -0.2) is 18.3 Å². The van der Waals surface area contributed by atoms with Gasteiger partial charge in [0.15, 0.2) is 5.65 Å². The number of nitrogens with one attached hydrogen (secondary N) is 1. The lowest BCUT2D eigenvalue weighted by molar-refractivity contribution is 0.102. The van der Waals surface area contributed by atoms with Gasteiger partial charge in [0.1, 0.15) is 23.1 Å². The molecule has 10 heteroatoms. The summed E-state index contributed by atoms with van der Waals surface area (Å²) in [5, 5.41) is 7.04. The number of carbonyl (C=O) groups excluding carboxylic acids is 1. The summed E-state index contributed by atoms with van der Waals surface area (Å²) in [5.74, 6) is -1.36. The van der Waals surface area contributed by atoms with Crippen molar-refractivity contribution in [3.63, 3.8) is 0 Å². The van der Waals surface area contributed by atoms with Crippen LogP contribution in [0.1, 0.15) is 48.2 Å². The van der Waals surface area contributed by atoms with Crippen LogP contribution in [0.5, 0.6) is 5.75 Å². The second-order valence-electron chi connectivity index (χ2n) is 9.29. The molecule has 0 radical (unpaired) electrons. The van der Waals surface area contributed by atoms with Gasteiger partial charge in [0.25, 0.3) is 5.91 Å². The highest BCUT2D eigenvalue weighted by atomic mass is 19.1. The van der Waals surface area contributed by atoms with Gasteiger partial charge in [0, 0.05) is 30.6 Å². The maximum Gasteiger partial charge on any atom is 0.274 e. The standard InChI is InChI=1S/C26H26F2N6O2/c1-14-7-15(9-16(29)8-14)18-3-5-30-13-23(18)33-26(35)22-4-6-34-25(32-22)19(12-31-34)24-20(27)10-17(36-2)11-21(24)28/h3-6,10-16H,7-9,29H2,1-2H3,(H,33,35). The highest BCUT2D eigenvalue weighted by Crippen LogP contribution is 2.38. The lowest BCUT2D eigenvalue weighted by atomic mass is 9.76. The van der Waals surface area contributed by atoms with Crippen molar-refractivity contribution in [3.05, 3.63) is 71.9 Å². The highest BCUT2D eigenvalue weighted by Gasteiger charge is 2.28. The maximum absolute atomic E-state index is 14.7. The molecule has 1 aliphatic rings. The number of hydrogen-bond acceptors (Lipinski definition) is 6. The van der Waals surface area contributed by atoms with Crippen LogP contribution in [0.2, 0.25) is 0 Å². The van der Waals surface area contributed by atoms with E-state index in [0.717, 1.165) is 37.0 Å². The third kappa shape index (κ3) is 4.51. The van der Waals surface area contributed by atoms with Gasteiger partial charge < -0.3 is 15.8 Å². The molecule has 1 amide bonds. The van der Waals surface area contributed by atoms with E-state index in [0.29, 0.717) is 11.6 Å². The van der Waals surface area contributed by atoms with Gasteiger partial charge in [-0.05, 0) is 48.8 Å². The zero-order valence-electron chi connectivity index (χ0n) is 19.9. The molecule has 3 N–H and O–H groups in total. The quantitative estimate of drug-likeness (QED) is 0.423. The number of fused-ring (bicyclic) bond motifs is 1. The second-order valence-corrected chi connectivity index (χ2v) is 9.29. The summed E-state index contributed by atoms with van der Waals surface area (Å²) in [7, 11) is 1.33. The molecule has 0 spiro atoms. The number of anilines is 1. The average Bonchev–Trinajstić information content (AvgIpc) is 3.26. The van der Waals surface area contributed by atoms with E-state index >= 15 is 0 Å². The molecule has 1 fully saturated rings. The van der Waals surface area contributed by atoms with Crippen LogP contribution in [0.25, 0.3) is 16.8 Å². The lowest BCUT2D eigenvalue weighted by Gasteiger charge is -2.32. The summed E-state index contributed by atoms with van der Waals surface area (Å²) in [6.07, 6.45) is 8.94. The number of hydrogen-bond donors (Lipinski definition) is 2. The van der Waals surface area contributed by atoms with Gasteiger partial charge in [-0.3, -0.25) is 9.78 Å². The average molecular weight is 493 g/mol. The van der Waals surface area contributed by atoms with E-state index in [2.05, 4.69) is 27.3 Å². The Morgan fingerprint density at radius 2 is 1.94 bits per heavy atom. The first-order valence-corrected chi connectivity index (χ1v) is 11.7. The number of methoxy groups -OCH3 is 1. The van der Waals surface area contributed by atoms with Crippen LogP contribution in [0, 0.1) is 17.6 Å². The molecular formula is C26H26F2N6O2. The number of halogens is 2. The van der Waals surface area contributed by atoms with E-state index in [-0.39, 0.29) is 40.2 Å². The predicted molar refractivity (Wildman–Crippen MR) is 131 cm³/mol. The van der Waals surface area contributed by atoms with Gasteiger partial charge in [0.05, 0.1) is 36.3 Å². The minimum atomic E-state index is -0.821. The summed E-state index contributed by atoms with van der Waals surface area (Å²) in [5.41, 5.74) is 7.87. The molecule has 3 unspecified atom stereocenters. The van der Waals surface area contributed by atoms with Crippen molar-refractivity contribution in [3.8, 4) is 16.9 Å². The van der Waals surface area contributed by atoms with Crippen molar-refractivity contribution in [2.24, 2.45) is 11.7 Å². The molecule has 3 atom stereocenters. The molecule has 1 aliphatic carbocycles. The molecule has 0 bridgehead atoms. The number of aromatic nitrogens is 4. The molecule has 0 aliphatic heterocycles. The monoisotopic (exact) mass is 492 g/mol. The number of benzene rings is 1. The fraction of sp³-hybridized carbons (Fsp3) is 0.308. The van der Waals surface area contributed by atoms with Crippen LogP contribution in [0.4, 0.5) is 14.5 Å². The van der Waals surface area contributed by atoms with Crippen LogP contribution in [-0.4, -0.2) is 38.6 Å². The molecule has 3 aromatic heterocycles. The van der Waals surface area contributed by atoms with E-state index in [1.54, 1.807) is 12.4 Å². The summed E-state index contributed by atoms with van der Waals surface area (Å²) in [4.78, 5) is 21.8. The minimum absolute atomic E-state index is 0.0545. The molecular weight excluding hydrogens is 466 g/mol. The molecule has 5 rings (SSSR count). The maximum atomic E-state index is 14.7. The molecule has 1 saturated carbocycles. The zero-order valence-corrected chi connectivity index (χ0v) is 19.9. The van der Waals surface area contributed by atoms with Gasteiger partial charge in [-0.1, -0.05) is 6.92 Å². The number of nitrogens with zero attached hydrogens (tertiary/aromatic N) is 4. The Balaban J connectivity index is 1.47. The third-order valence-corrected chi connectivity index (χ3v) is 6.64. The SMILES string of the molecule is COc1cc(F)c(-c2cnn3ccc(C(=O)Nc4cnccc4C4CC(C)CC(N)C4)nc23)c(F)c1. The molecule has 4 aromatic rings. The van der Waals surface area contributed by atoms with Crippen molar-refractivity contribution in [2.75, 3.05) is 12.4 Å². The van der Waals surface area contributed by atoms with E-state index in [1.165, 1.54) is 30.1 Å². The van der Waals surface area contributed by atoms with Gasteiger partial charge in [-0.15, -0.1) is 0 Å². The Morgan fingerprint density at radius 3 is 2.67 bits per heavy atom. The van der Waals surface area contributed by atoms with Crippen molar-refractivity contribution < 1.29 is 18.3 Å². The fourth-order valence-corrected chi connectivity index (χ4v) is 5.06. The Hall–Kier alpha value is -3.92. The highest BCUT2D eigenvalue weighted by molar-refractivity contribution is 6.03. The molecule has 0 saturated heterocycles. The normalized spacial score (nSPS) is 19.9. The number of nitrogens with two attached hydrogens (primary N) is 1. The van der Waals surface area contributed by atoms with Crippen molar-refractivity contribution >= 4 is 17.2 Å². The Morgan fingerprint density at radius 1 is 1.17 bits per heavy atom. The number of ether oxygens (including phenoxy) is 1. The van der Waals surface area contributed by atoms with Crippen LogP contribution in [0.3, 0.4) is 0 Å². The number of amides is 1. The zero-order chi connectivity index (χ0) is 25.4. The Bertz CT molecular complexity index is 1410. The van der Waals surface area contributed by atoms with Crippen LogP contribution < -0.4 is 15.8 Å². The van der Waals surface area contributed by atoms with E-state index in [4.69, 9.17) is 10.5 Å². The van der Waals surface area contributed by atoms with E-state index < -0.39 is 17.5 Å². The van der Waals surface area contributed by atoms with Crippen LogP contribution in [-0.2, 0) is 0 Å². The van der Waals surface area contributed by atoms with Gasteiger partial charge in [-0.2, -0.15) is 5.10 Å². The number of carbonyl (C=O) groups is 1. The number of pyridine rings is 1. The second kappa shape index (κ2) is 9.62. The molecule has 8 nitrogen and oxygen atoms in total. The smallest absolute Gasteiger partial charge is 0.274 e. The summed E-state index contributed by atoms with van der Waals surface area (Å²) in [6, 6.07) is 5.68. The molecule has 1 aromatic carbocycles. The first-order chi connectivity index (χ1) is 17.3.